The molecule has 0 saturated carbocycles. The monoisotopic (exact) mass is 324 g/mol. The van der Waals surface area contributed by atoms with E-state index in [4.69, 9.17) is 0 Å². The second kappa shape index (κ2) is 4.70. The van der Waals surface area contributed by atoms with E-state index in [1.807, 2.05) is 6.07 Å². The lowest BCUT2D eigenvalue weighted by Crippen LogP contribution is -1.85. The highest BCUT2D eigenvalue weighted by Crippen LogP contribution is 2.49. The van der Waals surface area contributed by atoms with Crippen LogP contribution in [0.5, 0.6) is 0 Å². The van der Waals surface area contributed by atoms with E-state index in [0.717, 1.165) is 5.69 Å². The van der Waals surface area contributed by atoms with Crippen LogP contribution in [-0.4, -0.2) is 16.9 Å². The average molecular weight is 324 g/mol. The van der Waals surface area contributed by atoms with E-state index in [1.165, 1.54) is 9.27 Å². The van der Waals surface area contributed by atoms with Crippen molar-refractivity contribution in [3.8, 4) is 0 Å². The first kappa shape index (κ1) is 11.4. The van der Waals surface area contributed by atoms with Gasteiger partial charge in [0.15, 0.2) is 0 Å². The molecule has 1 aliphatic heterocycles. The van der Waals surface area contributed by atoms with Crippen molar-refractivity contribution >= 4 is 56.7 Å². The fourth-order valence-corrected chi connectivity index (χ4v) is 3.83. The maximum Gasteiger partial charge on any atom is 0.125 e. The smallest absolute Gasteiger partial charge is 0.125 e. The molecular weight excluding hydrogens is 313 g/mol. The van der Waals surface area contributed by atoms with E-state index in [1.54, 1.807) is 11.8 Å². The number of para-hydroxylation sites is 1. The number of rotatable bonds is 0. The third-order valence-corrected chi connectivity index (χ3v) is 5.15. The number of thioether (sulfide) groups is 1. The van der Waals surface area contributed by atoms with Gasteiger partial charge in [-0.25, -0.2) is 4.99 Å². The second-order valence-corrected chi connectivity index (χ2v) is 5.46. The molecule has 1 aromatic carbocycles. The number of halogens is 1. The van der Waals surface area contributed by atoms with Gasteiger partial charge < -0.3 is 0 Å². The largest absolute Gasteiger partial charge is 0.234 e. The normalized spacial score (nSPS) is 14.8. The van der Waals surface area contributed by atoms with Crippen LogP contribution in [0.4, 0.5) is 5.69 Å². The highest BCUT2D eigenvalue weighted by atomic mass is 127. The van der Waals surface area contributed by atoms with E-state index in [9.17, 15) is 0 Å². The molecule has 1 aromatic rings. The molecule has 0 aromatic heterocycles. The zero-order chi connectivity index (χ0) is 8.55. The van der Waals surface area contributed by atoms with Crippen molar-refractivity contribution in [2.24, 2.45) is 4.99 Å². The van der Waals surface area contributed by atoms with Gasteiger partial charge in [0.1, 0.15) is 4.38 Å². The predicted molar refractivity (Wildman–Crippen MR) is 74.2 cm³/mol. The topological polar surface area (TPSA) is 12.4 Å². The summed E-state index contributed by atoms with van der Waals surface area (Å²) < 4.78 is 1.26. The van der Waals surface area contributed by atoms with Crippen molar-refractivity contribution in [2.75, 3.05) is 12.5 Å². The maximum atomic E-state index is 4.54. The van der Waals surface area contributed by atoms with Crippen molar-refractivity contribution in [3.05, 3.63) is 24.3 Å². The van der Waals surface area contributed by atoms with Crippen LogP contribution in [0.2, 0.25) is 0 Å². The minimum absolute atomic E-state index is 0. The first-order chi connectivity index (χ1) is 5.83. The van der Waals surface area contributed by atoms with Crippen LogP contribution in [0.3, 0.4) is 0 Å². The van der Waals surface area contributed by atoms with Crippen molar-refractivity contribution in [1.82, 2.24) is 0 Å². The van der Waals surface area contributed by atoms with Crippen molar-refractivity contribution < 1.29 is 0 Å². The van der Waals surface area contributed by atoms with Gasteiger partial charge in [0.05, 0.1) is 5.69 Å². The zero-order valence-electron chi connectivity index (χ0n) is 7.48. The molecule has 0 N–H and O–H groups in total. The molecule has 2 rings (SSSR count). The molecule has 0 amide bonds. The van der Waals surface area contributed by atoms with Gasteiger partial charge in [-0.05, 0) is 24.6 Å². The summed E-state index contributed by atoms with van der Waals surface area (Å²) in [5, 5.41) is 0. The summed E-state index contributed by atoms with van der Waals surface area (Å²) in [6.07, 6.45) is 4.33. The number of fused-ring (bicyclic) bond motifs is 1. The summed E-state index contributed by atoms with van der Waals surface area (Å²) in [6, 6.07) is 8.39. The van der Waals surface area contributed by atoms with E-state index < -0.39 is 0 Å². The van der Waals surface area contributed by atoms with Crippen LogP contribution >= 0.6 is 46.6 Å². The molecule has 4 heteroatoms. The van der Waals surface area contributed by atoms with Crippen molar-refractivity contribution in [3.63, 3.8) is 0 Å². The zero-order valence-corrected chi connectivity index (χ0v) is 11.4. The molecule has 1 radical (unpaired) electrons. The number of benzene rings is 1. The average Bonchev–Trinajstić information content (AvgIpc) is 2.44. The van der Waals surface area contributed by atoms with E-state index in [-0.39, 0.29) is 34.9 Å². The van der Waals surface area contributed by atoms with Gasteiger partial charge in [0.25, 0.3) is 0 Å². The van der Waals surface area contributed by atoms with E-state index in [0.29, 0.717) is 0 Å². The Bertz CT molecular complexity index is 338. The van der Waals surface area contributed by atoms with Crippen LogP contribution in [0.15, 0.2) is 34.2 Å². The number of hydrogen-bond donors (Lipinski definition) is 0. The molecule has 71 valence electrons. The summed E-state index contributed by atoms with van der Waals surface area (Å²) >= 11 is 1.76. The highest BCUT2D eigenvalue weighted by molar-refractivity contribution is 14.0. The van der Waals surface area contributed by atoms with Gasteiger partial charge in [0.2, 0.25) is 0 Å². The second-order valence-electron chi connectivity index (χ2n) is 2.56. The lowest BCUT2D eigenvalue weighted by Gasteiger charge is -2.07. The molecule has 1 heterocycles. The van der Waals surface area contributed by atoms with E-state index in [2.05, 4.69) is 35.7 Å². The minimum atomic E-state index is 0. The Morgan fingerprint density at radius 1 is 1.31 bits per heavy atom. The lowest BCUT2D eigenvalue weighted by atomic mass is 10.3. The molecule has 0 bridgehead atoms. The predicted octanol–water partition coefficient (Wildman–Crippen LogP) is 3.93. The Hall–Kier alpha value is 0.320. The van der Waals surface area contributed by atoms with Crippen LogP contribution in [0.1, 0.15) is 0 Å². The first-order valence-corrected chi connectivity index (χ1v) is 6.56. The molecular formula is C9H11INS2. The summed E-state index contributed by atoms with van der Waals surface area (Å²) in [7, 11) is 0.227. The molecule has 0 aliphatic carbocycles. The van der Waals surface area contributed by atoms with Gasteiger partial charge in [-0.1, -0.05) is 12.1 Å². The maximum absolute atomic E-state index is 4.54. The fraction of sp³-hybridized carbons (Fsp3) is 0.222. The van der Waals surface area contributed by atoms with Gasteiger partial charge >= 0.3 is 0 Å². The summed E-state index contributed by atoms with van der Waals surface area (Å²) in [6.45, 7) is 0. The summed E-state index contributed by atoms with van der Waals surface area (Å²) in [4.78, 5) is 5.93. The van der Waals surface area contributed by atoms with E-state index >= 15 is 0 Å². The van der Waals surface area contributed by atoms with Gasteiger partial charge in [0, 0.05) is 4.90 Å². The Morgan fingerprint density at radius 3 is 2.62 bits per heavy atom. The molecule has 13 heavy (non-hydrogen) atoms. The van der Waals surface area contributed by atoms with Gasteiger partial charge in [-0.3, -0.25) is 0 Å². The summed E-state index contributed by atoms with van der Waals surface area (Å²) in [5.74, 6) is 0. The van der Waals surface area contributed by atoms with Crippen LogP contribution < -0.4 is 0 Å². The Labute approximate surface area is 103 Å². The SMILES string of the molecule is CSC1=Nc2ccccc2[S]1C.I. The van der Waals surface area contributed by atoms with Crippen LogP contribution in [0.25, 0.3) is 0 Å². The quantitative estimate of drug-likeness (QED) is 0.520. The fourth-order valence-electron chi connectivity index (χ4n) is 1.24. The minimum Gasteiger partial charge on any atom is -0.234 e. The Kier molecular flexibility index (Phi) is 4.12. The molecule has 0 fully saturated rings. The van der Waals surface area contributed by atoms with Gasteiger partial charge in [-0.2, -0.15) is 0 Å². The van der Waals surface area contributed by atoms with Crippen LogP contribution in [0, 0.1) is 0 Å². The third-order valence-electron chi connectivity index (χ3n) is 1.84. The number of hydrogen-bond acceptors (Lipinski definition) is 2. The summed E-state index contributed by atoms with van der Waals surface area (Å²) in [5.41, 5.74) is 1.16. The van der Waals surface area contributed by atoms with Crippen molar-refractivity contribution in [2.45, 2.75) is 4.90 Å². The first-order valence-electron chi connectivity index (χ1n) is 3.70. The molecule has 1 nitrogen and oxygen atoms in total. The van der Waals surface area contributed by atoms with Crippen molar-refractivity contribution in [1.29, 1.82) is 0 Å². The van der Waals surface area contributed by atoms with Crippen LogP contribution in [-0.2, 0) is 0 Å². The number of nitrogens with zero attached hydrogens (tertiary/aromatic N) is 1. The molecule has 0 unspecified atom stereocenters. The van der Waals surface area contributed by atoms with Gasteiger partial charge in [-0.15, -0.1) is 46.6 Å². The standard InChI is InChI=1S/C9H10NS2.HI/c1-11-9-10-7-5-3-4-6-8(7)12(9)2;/h3-6H,1-2H3;1H. The Balaban J connectivity index is 0.000000845. The number of aliphatic imine (C=N–C) groups is 1. The molecule has 0 atom stereocenters. The molecule has 0 spiro atoms. The lowest BCUT2D eigenvalue weighted by molar-refractivity contribution is 1.41. The highest BCUT2D eigenvalue weighted by Gasteiger charge is 2.19. The molecule has 1 aliphatic rings. The molecule has 0 saturated heterocycles. The third kappa shape index (κ3) is 2.05. The Morgan fingerprint density at radius 2 is 2.00 bits per heavy atom.